The van der Waals surface area contributed by atoms with Crippen LogP contribution in [0.3, 0.4) is 0 Å². The first kappa shape index (κ1) is 13.4. The molecule has 0 radical (unpaired) electrons. The Morgan fingerprint density at radius 2 is 1.75 bits per heavy atom. The van der Waals surface area contributed by atoms with E-state index in [1.54, 1.807) is 0 Å². The summed E-state index contributed by atoms with van der Waals surface area (Å²) in [5.41, 5.74) is 5.63. The molecule has 1 aliphatic carbocycles. The minimum atomic E-state index is 0.388. The molecule has 0 heterocycles. The van der Waals surface area contributed by atoms with E-state index in [1.165, 1.54) is 35.1 Å². The first-order valence-electron chi connectivity index (χ1n) is 7.62. The fraction of sp³-hybridized carbons (Fsp3) is 0.368. The van der Waals surface area contributed by atoms with Crippen molar-refractivity contribution < 1.29 is 0 Å². The lowest BCUT2D eigenvalue weighted by atomic mass is 10.0. The molecule has 1 aliphatic rings. The van der Waals surface area contributed by atoms with Crippen LogP contribution in [0.25, 0.3) is 0 Å². The van der Waals surface area contributed by atoms with Crippen molar-refractivity contribution in [1.82, 2.24) is 5.32 Å². The minimum Gasteiger partial charge on any atom is -0.306 e. The molecule has 0 aliphatic heterocycles. The number of rotatable bonds is 5. The molecule has 3 rings (SSSR count). The Bertz CT molecular complexity index is 567. The maximum absolute atomic E-state index is 3.62. The predicted molar refractivity (Wildman–Crippen MR) is 84.9 cm³/mol. The zero-order valence-corrected chi connectivity index (χ0v) is 12.4. The van der Waals surface area contributed by atoms with E-state index in [1.807, 2.05) is 0 Å². The summed E-state index contributed by atoms with van der Waals surface area (Å²) in [5.74, 6) is 0.850. The van der Waals surface area contributed by atoms with Crippen LogP contribution >= 0.6 is 0 Å². The number of nitrogens with one attached hydrogen (secondary N) is 1. The molecule has 0 aromatic heterocycles. The second-order valence-electron chi connectivity index (χ2n) is 5.98. The van der Waals surface area contributed by atoms with Gasteiger partial charge in [-0.15, -0.1) is 0 Å². The molecular weight excluding hydrogens is 242 g/mol. The predicted octanol–water partition coefficient (Wildman–Crippen LogP) is 4.72. The van der Waals surface area contributed by atoms with E-state index >= 15 is 0 Å². The van der Waals surface area contributed by atoms with Gasteiger partial charge in [-0.2, -0.15) is 0 Å². The monoisotopic (exact) mass is 265 g/mol. The van der Waals surface area contributed by atoms with Crippen LogP contribution in [0.5, 0.6) is 0 Å². The summed E-state index contributed by atoms with van der Waals surface area (Å²) < 4.78 is 0. The molecule has 1 saturated carbocycles. The largest absolute Gasteiger partial charge is 0.306 e. The highest BCUT2D eigenvalue weighted by Crippen LogP contribution is 2.39. The molecule has 0 unspecified atom stereocenters. The lowest BCUT2D eigenvalue weighted by Gasteiger charge is -2.16. The summed E-state index contributed by atoms with van der Waals surface area (Å²) in [6, 6.07) is 18.1. The van der Waals surface area contributed by atoms with Gasteiger partial charge in [0.25, 0.3) is 0 Å². The molecule has 2 aromatic rings. The second kappa shape index (κ2) is 5.80. The third kappa shape index (κ3) is 3.10. The minimum absolute atomic E-state index is 0.388. The summed E-state index contributed by atoms with van der Waals surface area (Å²) in [6.45, 7) is 5.35. The Balaban J connectivity index is 1.59. The van der Waals surface area contributed by atoms with E-state index in [9.17, 15) is 0 Å². The molecule has 0 spiro atoms. The quantitative estimate of drug-likeness (QED) is 0.824. The average molecular weight is 265 g/mol. The van der Waals surface area contributed by atoms with Gasteiger partial charge in [0.05, 0.1) is 0 Å². The third-order valence-corrected chi connectivity index (χ3v) is 4.30. The van der Waals surface area contributed by atoms with E-state index in [0.717, 1.165) is 12.5 Å². The Morgan fingerprint density at radius 3 is 2.40 bits per heavy atom. The summed E-state index contributed by atoms with van der Waals surface area (Å²) in [5, 5.41) is 3.62. The Morgan fingerprint density at radius 1 is 1.05 bits per heavy atom. The SMILES string of the molecule is Cc1ccccc1[C@@H](C)NCc1ccc(C2CC2)cc1. The zero-order chi connectivity index (χ0) is 13.9. The van der Waals surface area contributed by atoms with Crippen molar-refractivity contribution in [3.63, 3.8) is 0 Å². The van der Waals surface area contributed by atoms with E-state index in [0.29, 0.717) is 6.04 Å². The number of hydrogen-bond donors (Lipinski definition) is 1. The highest BCUT2D eigenvalue weighted by Gasteiger charge is 2.22. The molecule has 104 valence electrons. The lowest BCUT2D eigenvalue weighted by Crippen LogP contribution is -2.18. The number of aryl methyl sites for hydroxylation is 1. The van der Waals surface area contributed by atoms with Gasteiger partial charge in [0.15, 0.2) is 0 Å². The van der Waals surface area contributed by atoms with Crippen molar-refractivity contribution in [2.45, 2.75) is 45.2 Å². The number of benzene rings is 2. The first-order valence-corrected chi connectivity index (χ1v) is 7.62. The van der Waals surface area contributed by atoms with Crippen LogP contribution in [0.2, 0.25) is 0 Å². The van der Waals surface area contributed by atoms with Gasteiger partial charge >= 0.3 is 0 Å². The van der Waals surface area contributed by atoms with Crippen LogP contribution in [0.1, 0.15) is 54.0 Å². The lowest BCUT2D eigenvalue weighted by molar-refractivity contribution is 0.572. The van der Waals surface area contributed by atoms with Gasteiger partial charge in [-0.25, -0.2) is 0 Å². The van der Waals surface area contributed by atoms with Gasteiger partial charge in [-0.05, 0) is 54.9 Å². The third-order valence-electron chi connectivity index (χ3n) is 4.30. The number of hydrogen-bond acceptors (Lipinski definition) is 1. The van der Waals surface area contributed by atoms with Crippen LogP contribution in [0.4, 0.5) is 0 Å². The van der Waals surface area contributed by atoms with E-state index in [-0.39, 0.29) is 0 Å². The second-order valence-corrected chi connectivity index (χ2v) is 5.98. The van der Waals surface area contributed by atoms with Crippen molar-refractivity contribution in [1.29, 1.82) is 0 Å². The molecule has 1 N–H and O–H groups in total. The highest BCUT2D eigenvalue weighted by atomic mass is 14.9. The highest BCUT2D eigenvalue weighted by molar-refractivity contribution is 5.30. The van der Waals surface area contributed by atoms with Gasteiger partial charge in [0.1, 0.15) is 0 Å². The van der Waals surface area contributed by atoms with Gasteiger partial charge in [0.2, 0.25) is 0 Å². The van der Waals surface area contributed by atoms with Gasteiger partial charge in [-0.1, -0.05) is 48.5 Å². The van der Waals surface area contributed by atoms with Gasteiger partial charge in [-0.3, -0.25) is 0 Å². The fourth-order valence-corrected chi connectivity index (χ4v) is 2.78. The normalized spacial score (nSPS) is 16.1. The van der Waals surface area contributed by atoms with E-state index in [2.05, 4.69) is 67.7 Å². The fourth-order valence-electron chi connectivity index (χ4n) is 2.78. The summed E-state index contributed by atoms with van der Waals surface area (Å²) >= 11 is 0. The molecule has 20 heavy (non-hydrogen) atoms. The molecular formula is C19H23N. The van der Waals surface area contributed by atoms with Gasteiger partial charge in [0, 0.05) is 12.6 Å². The Hall–Kier alpha value is -1.60. The van der Waals surface area contributed by atoms with Crippen LogP contribution in [-0.4, -0.2) is 0 Å². The Kier molecular flexibility index (Phi) is 3.88. The van der Waals surface area contributed by atoms with Crippen molar-refractivity contribution in [3.05, 3.63) is 70.8 Å². The topological polar surface area (TPSA) is 12.0 Å². The summed E-state index contributed by atoms with van der Waals surface area (Å²) in [6.07, 6.45) is 2.75. The van der Waals surface area contributed by atoms with E-state index in [4.69, 9.17) is 0 Å². The van der Waals surface area contributed by atoms with Crippen molar-refractivity contribution in [3.8, 4) is 0 Å². The molecule has 1 fully saturated rings. The molecule has 2 aromatic carbocycles. The van der Waals surface area contributed by atoms with Crippen molar-refractivity contribution in [2.24, 2.45) is 0 Å². The Labute approximate surface area is 122 Å². The maximum atomic E-state index is 3.62. The molecule has 0 saturated heterocycles. The van der Waals surface area contributed by atoms with Crippen LogP contribution in [0.15, 0.2) is 48.5 Å². The van der Waals surface area contributed by atoms with Crippen LogP contribution < -0.4 is 5.32 Å². The zero-order valence-electron chi connectivity index (χ0n) is 12.4. The molecule has 1 nitrogen and oxygen atoms in total. The molecule has 0 amide bonds. The van der Waals surface area contributed by atoms with E-state index < -0.39 is 0 Å². The van der Waals surface area contributed by atoms with Crippen LogP contribution in [-0.2, 0) is 6.54 Å². The first-order chi connectivity index (χ1) is 9.74. The average Bonchev–Trinajstić information content (AvgIpc) is 3.30. The van der Waals surface area contributed by atoms with Crippen molar-refractivity contribution >= 4 is 0 Å². The van der Waals surface area contributed by atoms with Gasteiger partial charge < -0.3 is 5.32 Å². The molecule has 1 atom stereocenters. The smallest absolute Gasteiger partial charge is 0.0297 e. The standard InChI is InChI=1S/C19H23N/c1-14-5-3-4-6-19(14)15(2)20-13-16-7-9-17(10-8-16)18-11-12-18/h3-10,15,18,20H,11-13H2,1-2H3/t15-/m1/s1. The van der Waals surface area contributed by atoms with Crippen LogP contribution in [0, 0.1) is 6.92 Å². The summed E-state index contributed by atoms with van der Waals surface area (Å²) in [4.78, 5) is 0. The van der Waals surface area contributed by atoms with Crippen molar-refractivity contribution in [2.75, 3.05) is 0 Å². The molecule has 0 bridgehead atoms. The maximum Gasteiger partial charge on any atom is 0.0297 e. The summed E-state index contributed by atoms with van der Waals surface area (Å²) in [7, 11) is 0. The molecule has 1 heteroatoms.